The van der Waals surface area contributed by atoms with Gasteiger partial charge in [-0.25, -0.2) is 0 Å². The molecule has 2 unspecified atom stereocenters. The average molecular weight is 316 g/mol. The zero-order valence-electron chi connectivity index (χ0n) is 12.9. The number of nitrogens with one attached hydrogen (secondary N) is 2. The van der Waals surface area contributed by atoms with Crippen molar-refractivity contribution in [2.75, 3.05) is 7.11 Å². The monoisotopic (exact) mass is 316 g/mol. The Balaban J connectivity index is 2.00. The molecule has 1 aromatic rings. The summed E-state index contributed by atoms with van der Waals surface area (Å²) in [7, 11) is 1.66. The van der Waals surface area contributed by atoms with E-state index in [9.17, 15) is 4.79 Å². The van der Waals surface area contributed by atoms with Crippen LogP contribution in [0.4, 0.5) is 0 Å². The topological polar surface area (TPSA) is 50.4 Å². The Kier molecular flexibility index (Phi) is 5.46. The summed E-state index contributed by atoms with van der Waals surface area (Å²) < 4.78 is 5.51. The smallest absolute Gasteiger partial charge is 0.257 e. The maximum Gasteiger partial charge on any atom is 0.257 e. The number of thiocarbonyl (C=S) groups is 1. The lowest BCUT2D eigenvalue weighted by molar-refractivity contribution is 0.0972. The van der Waals surface area contributed by atoms with Crippen LogP contribution in [0, 0.1) is 0 Å². The van der Waals surface area contributed by atoms with E-state index < -0.39 is 0 Å². The van der Waals surface area contributed by atoms with Crippen LogP contribution in [0.3, 0.4) is 0 Å². The first-order valence-corrected chi connectivity index (χ1v) is 7.48. The first-order valence-electron chi connectivity index (χ1n) is 7.07. The molecule has 0 aromatic heterocycles. The van der Waals surface area contributed by atoms with Crippen LogP contribution < -0.4 is 10.6 Å². The fraction of sp³-hybridized carbons (Fsp3) is 0.294. The van der Waals surface area contributed by atoms with Crippen molar-refractivity contribution < 1.29 is 9.53 Å². The second-order valence-corrected chi connectivity index (χ2v) is 5.68. The Hall–Kier alpha value is -1.98. The minimum atomic E-state index is -0.226. The molecular weight excluding hydrogens is 296 g/mol. The molecule has 1 aromatic carbocycles. The predicted molar refractivity (Wildman–Crippen MR) is 91.7 cm³/mol. The van der Waals surface area contributed by atoms with E-state index in [1.165, 1.54) is 0 Å². The maximum absolute atomic E-state index is 12.1. The van der Waals surface area contributed by atoms with Gasteiger partial charge in [-0.15, -0.1) is 0 Å². The second-order valence-electron chi connectivity index (χ2n) is 5.27. The molecule has 0 saturated heterocycles. The molecule has 2 rings (SSSR count). The minimum Gasteiger partial charge on any atom is -0.375 e. The summed E-state index contributed by atoms with van der Waals surface area (Å²) in [6.07, 6.45) is 4.02. The van der Waals surface area contributed by atoms with Gasteiger partial charge in [0.15, 0.2) is 5.11 Å². The molecule has 0 bridgehead atoms. The largest absolute Gasteiger partial charge is 0.375 e. The highest BCUT2D eigenvalue weighted by molar-refractivity contribution is 7.80. The fourth-order valence-corrected chi connectivity index (χ4v) is 2.77. The summed E-state index contributed by atoms with van der Waals surface area (Å²) >= 11 is 5.24. The number of rotatable bonds is 3. The minimum absolute atomic E-state index is 0.0985. The third kappa shape index (κ3) is 4.02. The van der Waals surface area contributed by atoms with Crippen molar-refractivity contribution in [2.24, 2.45) is 0 Å². The van der Waals surface area contributed by atoms with E-state index in [1.54, 1.807) is 19.2 Å². The van der Waals surface area contributed by atoms with Gasteiger partial charge in [-0.1, -0.05) is 35.9 Å². The first-order chi connectivity index (χ1) is 10.5. The molecule has 0 heterocycles. The molecule has 0 spiro atoms. The molecule has 1 aliphatic rings. The van der Waals surface area contributed by atoms with Gasteiger partial charge >= 0.3 is 0 Å². The van der Waals surface area contributed by atoms with Crippen LogP contribution in [0.5, 0.6) is 0 Å². The van der Waals surface area contributed by atoms with Crippen LogP contribution in [-0.2, 0) is 4.74 Å². The highest BCUT2D eigenvalue weighted by Gasteiger charge is 2.25. The van der Waals surface area contributed by atoms with Gasteiger partial charge in [0, 0.05) is 12.7 Å². The zero-order chi connectivity index (χ0) is 16.1. The Morgan fingerprint density at radius 1 is 1.23 bits per heavy atom. The van der Waals surface area contributed by atoms with Gasteiger partial charge in [-0.2, -0.15) is 0 Å². The molecule has 1 aliphatic carbocycles. The zero-order valence-corrected chi connectivity index (χ0v) is 13.7. The molecule has 2 N–H and O–H groups in total. The SMILES string of the molecule is COC1C(C)=CC(C)=CC1NC(=S)NC(=O)c1ccccc1. The third-order valence-corrected chi connectivity index (χ3v) is 3.71. The summed E-state index contributed by atoms with van der Waals surface area (Å²) in [4.78, 5) is 12.1. The van der Waals surface area contributed by atoms with Crippen LogP contribution in [-0.4, -0.2) is 30.3 Å². The van der Waals surface area contributed by atoms with Gasteiger partial charge < -0.3 is 10.1 Å². The lowest BCUT2D eigenvalue weighted by Crippen LogP contribution is -2.49. The average Bonchev–Trinajstić information content (AvgIpc) is 2.47. The maximum atomic E-state index is 12.1. The standard InChI is InChI=1S/C17H20N2O2S/c1-11-9-12(2)15(21-3)14(10-11)18-17(22)19-16(20)13-7-5-4-6-8-13/h4-10,14-15H,1-3H3,(H2,18,19,20,22). The van der Waals surface area contributed by atoms with Crippen LogP contribution in [0.2, 0.25) is 0 Å². The van der Waals surface area contributed by atoms with Crippen molar-refractivity contribution in [2.45, 2.75) is 26.0 Å². The van der Waals surface area contributed by atoms with Crippen molar-refractivity contribution in [1.29, 1.82) is 0 Å². The number of hydrogen-bond acceptors (Lipinski definition) is 3. The first kappa shape index (κ1) is 16.4. The van der Waals surface area contributed by atoms with E-state index in [0.717, 1.165) is 11.1 Å². The number of amides is 1. The quantitative estimate of drug-likeness (QED) is 0.842. The van der Waals surface area contributed by atoms with E-state index in [-0.39, 0.29) is 18.1 Å². The molecule has 4 nitrogen and oxygen atoms in total. The second kappa shape index (κ2) is 7.33. The summed E-state index contributed by atoms with van der Waals surface area (Å²) in [6, 6.07) is 8.88. The van der Waals surface area contributed by atoms with Gasteiger partial charge in [0.2, 0.25) is 0 Å². The number of allylic oxidation sites excluding steroid dienone is 2. The van der Waals surface area contributed by atoms with Crippen LogP contribution in [0.25, 0.3) is 0 Å². The number of methoxy groups -OCH3 is 1. The number of benzene rings is 1. The Morgan fingerprint density at radius 2 is 1.91 bits per heavy atom. The molecule has 0 radical (unpaired) electrons. The summed E-state index contributed by atoms with van der Waals surface area (Å²) in [5, 5.41) is 6.12. The molecule has 0 fully saturated rings. The van der Waals surface area contributed by atoms with Crippen molar-refractivity contribution >= 4 is 23.2 Å². The number of carbonyl (C=O) groups excluding carboxylic acids is 1. The van der Waals surface area contributed by atoms with E-state index in [4.69, 9.17) is 17.0 Å². The molecular formula is C17H20N2O2S. The predicted octanol–water partition coefficient (Wildman–Crippen LogP) is 2.58. The lowest BCUT2D eigenvalue weighted by atomic mass is 9.94. The van der Waals surface area contributed by atoms with Crippen LogP contribution in [0.1, 0.15) is 24.2 Å². The third-order valence-electron chi connectivity index (χ3n) is 3.49. The number of carbonyl (C=O) groups is 1. The van der Waals surface area contributed by atoms with Gasteiger partial charge in [-0.05, 0) is 43.8 Å². The van der Waals surface area contributed by atoms with E-state index in [0.29, 0.717) is 10.7 Å². The van der Waals surface area contributed by atoms with Gasteiger partial charge in [0.25, 0.3) is 5.91 Å². The van der Waals surface area contributed by atoms with Crippen molar-refractivity contribution in [3.8, 4) is 0 Å². The van der Waals surface area contributed by atoms with Gasteiger partial charge in [-0.3, -0.25) is 10.1 Å². The summed E-state index contributed by atoms with van der Waals surface area (Å²) in [5.74, 6) is -0.226. The molecule has 0 saturated carbocycles. The number of hydrogen-bond donors (Lipinski definition) is 2. The Bertz CT molecular complexity index is 623. The van der Waals surface area contributed by atoms with Crippen molar-refractivity contribution in [1.82, 2.24) is 10.6 Å². The van der Waals surface area contributed by atoms with E-state index in [2.05, 4.69) is 16.7 Å². The summed E-state index contributed by atoms with van der Waals surface area (Å²) in [5.41, 5.74) is 2.83. The van der Waals surface area contributed by atoms with E-state index in [1.807, 2.05) is 38.1 Å². The molecule has 0 aliphatic heterocycles. The molecule has 22 heavy (non-hydrogen) atoms. The van der Waals surface area contributed by atoms with Crippen LogP contribution >= 0.6 is 12.2 Å². The summed E-state index contributed by atoms with van der Waals surface area (Å²) in [6.45, 7) is 4.04. The highest BCUT2D eigenvalue weighted by atomic mass is 32.1. The lowest BCUT2D eigenvalue weighted by Gasteiger charge is -2.29. The molecule has 116 valence electrons. The molecule has 5 heteroatoms. The van der Waals surface area contributed by atoms with Gasteiger partial charge in [0.05, 0.1) is 6.04 Å². The number of ether oxygens (including phenoxy) is 1. The van der Waals surface area contributed by atoms with Gasteiger partial charge in [0.1, 0.15) is 6.10 Å². The highest BCUT2D eigenvalue weighted by Crippen LogP contribution is 2.20. The van der Waals surface area contributed by atoms with Crippen molar-refractivity contribution in [3.05, 3.63) is 59.2 Å². The fourth-order valence-electron chi connectivity index (χ4n) is 2.55. The van der Waals surface area contributed by atoms with Crippen LogP contribution in [0.15, 0.2) is 53.6 Å². The molecule has 2 atom stereocenters. The Morgan fingerprint density at radius 3 is 2.55 bits per heavy atom. The molecule has 1 amide bonds. The Labute approximate surface area is 136 Å². The normalized spacial score (nSPS) is 20.7. The van der Waals surface area contributed by atoms with E-state index >= 15 is 0 Å². The van der Waals surface area contributed by atoms with Crippen molar-refractivity contribution in [3.63, 3.8) is 0 Å².